The molecule has 0 bridgehead atoms. The first kappa shape index (κ1) is 15.4. The van der Waals surface area contributed by atoms with Crippen LogP contribution in [0.3, 0.4) is 0 Å². The van der Waals surface area contributed by atoms with Crippen LogP contribution in [0.1, 0.15) is 32.1 Å². The molecule has 0 fully saturated rings. The van der Waals surface area contributed by atoms with Crippen molar-refractivity contribution in [1.82, 2.24) is 0 Å². The first-order chi connectivity index (χ1) is 7.93. The molecule has 4 N–H and O–H groups in total. The minimum atomic E-state index is -1.22. The minimum Gasteiger partial charge on any atom is -0.481 e. The zero-order valence-corrected chi connectivity index (χ0v) is 9.42. The molecule has 0 aliphatic rings. The second kappa shape index (κ2) is 8.51. The molecule has 0 aromatic heterocycles. The van der Waals surface area contributed by atoms with Crippen molar-refractivity contribution in [3.63, 3.8) is 0 Å². The molecule has 0 aromatic rings. The first-order valence-electron chi connectivity index (χ1n) is 5.29. The number of carboxylic acid groups (broad SMARTS) is 2. The third-order valence-electron chi connectivity index (χ3n) is 2.01. The molecule has 17 heavy (non-hydrogen) atoms. The Labute approximate surface area is 98.6 Å². The van der Waals surface area contributed by atoms with E-state index in [1.165, 1.54) is 0 Å². The number of ether oxygens (including phenoxy) is 1. The number of esters is 1. The van der Waals surface area contributed by atoms with E-state index >= 15 is 0 Å². The topological polar surface area (TPSA) is 127 Å². The van der Waals surface area contributed by atoms with Crippen LogP contribution in [-0.4, -0.2) is 40.8 Å². The Morgan fingerprint density at radius 3 is 2.18 bits per heavy atom. The van der Waals surface area contributed by atoms with Gasteiger partial charge in [-0.1, -0.05) is 6.42 Å². The molecule has 7 heteroatoms. The summed E-state index contributed by atoms with van der Waals surface area (Å²) in [6, 6.07) is -1.20. The zero-order chi connectivity index (χ0) is 13.3. The number of hydrogen-bond acceptors (Lipinski definition) is 5. The van der Waals surface area contributed by atoms with Crippen LogP contribution in [0, 0.1) is 0 Å². The maximum absolute atomic E-state index is 11.1. The standard InChI is InChI=1S/C10H17NO6/c11-7(10(15)16)6-17-9(14)5-3-1-2-4-8(12)13/h7H,1-6,11H2,(H,12,13)(H,15,16)/t7-/m0/s1. The second-order valence-electron chi connectivity index (χ2n) is 3.58. The number of unbranched alkanes of at least 4 members (excludes halogenated alkanes) is 2. The van der Waals surface area contributed by atoms with Gasteiger partial charge in [-0.15, -0.1) is 0 Å². The van der Waals surface area contributed by atoms with Crippen LogP contribution < -0.4 is 5.73 Å². The molecular formula is C10H17NO6. The molecular weight excluding hydrogens is 230 g/mol. The third kappa shape index (κ3) is 9.31. The van der Waals surface area contributed by atoms with Crippen LogP contribution in [0.25, 0.3) is 0 Å². The maximum atomic E-state index is 11.1. The summed E-state index contributed by atoms with van der Waals surface area (Å²) in [4.78, 5) is 31.6. The van der Waals surface area contributed by atoms with Gasteiger partial charge in [-0.25, -0.2) is 0 Å². The Morgan fingerprint density at radius 1 is 1.06 bits per heavy atom. The van der Waals surface area contributed by atoms with Gasteiger partial charge in [0.25, 0.3) is 0 Å². The lowest BCUT2D eigenvalue weighted by atomic mass is 10.1. The van der Waals surface area contributed by atoms with Crippen LogP contribution in [0.4, 0.5) is 0 Å². The zero-order valence-electron chi connectivity index (χ0n) is 9.42. The van der Waals surface area contributed by atoms with Crippen molar-refractivity contribution >= 4 is 17.9 Å². The van der Waals surface area contributed by atoms with Crippen molar-refractivity contribution in [3.05, 3.63) is 0 Å². The highest BCUT2D eigenvalue weighted by Crippen LogP contribution is 2.04. The molecule has 0 amide bonds. The van der Waals surface area contributed by atoms with Gasteiger partial charge in [0, 0.05) is 12.8 Å². The smallest absolute Gasteiger partial charge is 0.324 e. The molecule has 1 atom stereocenters. The van der Waals surface area contributed by atoms with Crippen LogP contribution >= 0.6 is 0 Å². The summed E-state index contributed by atoms with van der Waals surface area (Å²) in [6.07, 6.45) is 1.88. The van der Waals surface area contributed by atoms with Gasteiger partial charge in [0.1, 0.15) is 12.6 Å². The summed E-state index contributed by atoms with van der Waals surface area (Å²) in [5.74, 6) is -2.60. The van der Waals surface area contributed by atoms with Gasteiger partial charge < -0.3 is 20.7 Å². The lowest BCUT2D eigenvalue weighted by molar-refractivity contribution is -0.148. The van der Waals surface area contributed by atoms with E-state index in [0.717, 1.165) is 0 Å². The van der Waals surface area contributed by atoms with Crippen LogP contribution in [0.15, 0.2) is 0 Å². The van der Waals surface area contributed by atoms with Crippen LogP contribution in [-0.2, 0) is 19.1 Å². The number of aliphatic carboxylic acids is 2. The van der Waals surface area contributed by atoms with Crippen LogP contribution in [0.2, 0.25) is 0 Å². The van der Waals surface area contributed by atoms with Crippen molar-refractivity contribution in [1.29, 1.82) is 0 Å². The minimum absolute atomic E-state index is 0.0823. The quantitative estimate of drug-likeness (QED) is 0.386. The maximum Gasteiger partial charge on any atom is 0.324 e. The van der Waals surface area contributed by atoms with Crippen LogP contribution in [0.5, 0.6) is 0 Å². The monoisotopic (exact) mass is 247 g/mol. The van der Waals surface area contributed by atoms with Gasteiger partial charge in [0.05, 0.1) is 0 Å². The molecule has 0 heterocycles. The lowest BCUT2D eigenvalue weighted by Crippen LogP contribution is -2.35. The average molecular weight is 247 g/mol. The summed E-state index contributed by atoms with van der Waals surface area (Å²) in [5, 5.41) is 16.8. The van der Waals surface area contributed by atoms with Crippen molar-refractivity contribution in [2.45, 2.75) is 38.1 Å². The highest BCUT2D eigenvalue weighted by Gasteiger charge is 2.13. The fourth-order valence-electron chi connectivity index (χ4n) is 1.05. The third-order valence-corrected chi connectivity index (χ3v) is 2.01. The molecule has 0 saturated carbocycles. The van der Waals surface area contributed by atoms with Crippen molar-refractivity contribution < 1.29 is 29.3 Å². The largest absolute Gasteiger partial charge is 0.481 e. The van der Waals surface area contributed by atoms with E-state index in [2.05, 4.69) is 4.74 Å². The Morgan fingerprint density at radius 2 is 1.65 bits per heavy atom. The van der Waals surface area contributed by atoms with Crippen molar-refractivity contribution in [3.8, 4) is 0 Å². The predicted octanol–water partition coefficient (Wildman–Crippen LogP) is -0.0234. The summed E-state index contributed by atoms with van der Waals surface area (Å²) < 4.78 is 4.63. The molecule has 98 valence electrons. The number of carbonyl (C=O) groups excluding carboxylic acids is 1. The van der Waals surface area contributed by atoms with E-state index in [-0.39, 0.29) is 19.4 Å². The van der Waals surface area contributed by atoms with E-state index in [1.54, 1.807) is 0 Å². The highest BCUT2D eigenvalue weighted by molar-refractivity contribution is 5.74. The fourth-order valence-corrected chi connectivity index (χ4v) is 1.05. The summed E-state index contributed by atoms with van der Waals surface area (Å²) in [6.45, 7) is -0.344. The molecule has 0 radical (unpaired) electrons. The van der Waals surface area contributed by atoms with Gasteiger partial charge in [0.15, 0.2) is 0 Å². The van der Waals surface area contributed by atoms with Gasteiger partial charge in [0.2, 0.25) is 0 Å². The SMILES string of the molecule is N[C@@H](COC(=O)CCCCCC(=O)O)C(=O)O. The molecule has 0 aliphatic carbocycles. The van der Waals surface area contributed by atoms with E-state index in [1.807, 2.05) is 0 Å². The number of carbonyl (C=O) groups is 3. The van der Waals surface area contributed by atoms with E-state index < -0.39 is 23.9 Å². The number of carboxylic acids is 2. The normalized spacial score (nSPS) is 11.8. The number of nitrogens with two attached hydrogens (primary N) is 1. The average Bonchev–Trinajstić information content (AvgIpc) is 2.24. The Balaban J connectivity index is 3.47. The molecule has 0 rings (SSSR count). The van der Waals surface area contributed by atoms with Gasteiger partial charge in [-0.2, -0.15) is 0 Å². The Bertz CT molecular complexity index is 278. The highest BCUT2D eigenvalue weighted by atomic mass is 16.5. The number of hydrogen-bond donors (Lipinski definition) is 3. The van der Waals surface area contributed by atoms with Gasteiger partial charge in [-0.05, 0) is 12.8 Å². The fraction of sp³-hybridized carbons (Fsp3) is 0.700. The van der Waals surface area contributed by atoms with Crippen molar-refractivity contribution in [2.75, 3.05) is 6.61 Å². The molecule has 0 unspecified atom stereocenters. The van der Waals surface area contributed by atoms with Crippen molar-refractivity contribution in [2.24, 2.45) is 5.73 Å². The van der Waals surface area contributed by atoms with Gasteiger partial charge >= 0.3 is 17.9 Å². The Hall–Kier alpha value is -1.63. The van der Waals surface area contributed by atoms with E-state index in [0.29, 0.717) is 19.3 Å². The van der Waals surface area contributed by atoms with E-state index in [9.17, 15) is 14.4 Å². The molecule has 0 saturated heterocycles. The Kier molecular flexibility index (Phi) is 7.70. The summed E-state index contributed by atoms with van der Waals surface area (Å²) >= 11 is 0. The predicted molar refractivity (Wildman–Crippen MR) is 57.3 cm³/mol. The van der Waals surface area contributed by atoms with Gasteiger partial charge in [-0.3, -0.25) is 14.4 Å². The molecule has 0 aromatic carbocycles. The summed E-state index contributed by atoms with van der Waals surface area (Å²) in [7, 11) is 0. The second-order valence-corrected chi connectivity index (χ2v) is 3.58. The molecule has 7 nitrogen and oxygen atoms in total. The molecule has 0 spiro atoms. The summed E-state index contributed by atoms with van der Waals surface area (Å²) in [5.41, 5.74) is 5.13. The number of rotatable bonds is 9. The first-order valence-corrected chi connectivity index (χ1v) is 5.29. The van der Waals surface area contributed by atoms with E-state index in [4.69, 9.17) is 15.9 Å². The molecule has 0 aliphatic heterocycles. The lowest BCUT2D eigenvalue weighted by Gasteiger charge is -2.07.